The molecule has 0 spiro atoms. The Balaban J connectivity index is 1.39. The molecule has 2 aromatic carbocycles. The van der Waals surface area contributed by atoms with Crippen molar-refractivity contribution in [2.24, 2.45) is 5.73 Å². The number of nitrogens with two attached hydrogens (primary N) is 1. The number of nitrogens with one attached hydrogen (secondary N) is 2. The molecule has 1 aliphatic heterocycles. The number of hydrogen-bond donors (Lipinski definition) is 4. The molecule has 1 aliphatic rings. The van der Waals surface area contributed by atoms with Crippen LogP contribution in [0.25, 0.3) is 0 Å². The fourth-order valence-electron chi connectivity index (χ4n) is 4.41. The molecule has 3 rings (SSSR count). The number of benzene rings is 2. The van der Waals surface area contributed by atoms with Crippen molar-refractivity contribution < 1.29 is 9.84 Å². The highest BCUT2D eigenvalue weighted by atomic mass is 32.2. The molecule has 0 amide bonds. The van der Waals surface area contributed by atoms with E-state index in [0.29, 0.717) is 5.75 Å². The normalized spacial score (nSPS) is 17.5. The van der Waals surface area contributed by atoms with Crippen molar-refractivity contribution in [1.29, 1.82) is 5.41 Å². The lowest BCUT2D eigenvalue weighted by atomic mass is 9.84. The van der Waals surface area contributed by atoms with Crippen LogP contribution in [0.5, 0.6) is 11.5 Å². The highest BCUT2D eigenvalue weighted by Gasteiger charge is 2.34. The van der Waals surface area contributed by atoms with E-state index in [0.717, 1.165) is 53.1 Å². The third-order valence-electron chi connectivity index (χ3n) is 6.59. The molecule has 1 atom stereocenters. The first-order chi connectivity index (χ1) is 15.2. The van der Waals surface area contributed by atoms with Gasteiger partial charge in [0.15, 0.2) is 5.96 Å². The molecule has 1 heterocycles. The highest BCUT2D eigenvalue weighted by Crippen LogP contribution is 2.44. The van der Waals surface area contributed by atoms with E-state index in [1.165, 1.54) is 36.1 Å². The molecule has 2 aromatic rings. The first kappa shape index (κ1) is 24.3. The van der Waals surface area contributed by atoms with Gasteiger partial charge in [0.05, 0.1) is 0 Å². The molecule has 6 heteroatoms. The van der Waals surface area contributed by atoms with Gasteiger partial charge in [0.25, 0.3) is 0 Å². The van der Waals surface area contributed by atoms with E-state index in [1.54, 1.807) is 0 Å². The quantitative estimate of drug-likeness (QED) is 0.151. The van der Waals surface area contributed by atoms with E-state index in [-0.39, 0.29) is 11.6 Å². The van der Waals surface area contributed by atoms with Crippen LogP contribution >= 0.6 is 11.8 Å². The number of phenolic OH excluding ortho intramolecular Hbond substituents is 1. The van der Waals surface area contributed by atoms with E-state index >= 15 is 0 Å². The number of aromatic hydroxyl groups is 1. The maximum atomic E-state index is 10.4. The van der Waals surface area contributed by atoms with E-state index < -0.39 is 0 Å². The lowest BCUT2D eigenvalue weighted by Crippen LogP contribution is -2.37. The van der Waals surface area contributed by atoms with Crippen LogP contribution in [0, 0.1) is 26.2 Å². The van der Waals surface area contributed by atoms with Gasteiger partial charge in [0.1, 0.15) is 17.1 Å². The second kappa shape index (κ2) is 10.5. The minimum Gasteiger partial charge on any atom is -0.507 e. The number of unbranched alkanes of at least 4 members (excludes halogenated alkanes) is 3. The molecular formula is C26H37N3O2S. The van der Waals surface area contributed by atoms with E-state index in [9.17, 15) is 5.11 Å². The summed E-state index contributed by atoms with van der Waals surface area (Å²) in [7, 11) is 0. The van der Waals surface area contributed by atoms with Gasteiger partial charge in [-0.3, -0.25) is 5.41 Å². The van der Waals surface area contributed by atoms with Gasteiger partial charge in [-0.15, -0.1) is 11.8 Å². The lowest BCUT2D eigenvalue weighted by molar-refractivity contribution is 0.0522. The minimum absolute atomic E-state index is 0.0400. The second-order valence-corrected chi connectivity index (χ2v) is 10.3. The van der Waals surface area contributed by atoms with Crippen molar-refractivity contribution in [3.63, 3.8) is 0 Å². The summed E-state index contributed by atoms with van der Waals surface area (Å²) < 4.78 is 6.54. The molecule has 0 saturated heterocycles. The zero-order chi connectivity index (χ0) is 23.3. The van der Waals surface area contributed by atoms with Crippen LogP contribution in [-0.4, -0.2) is 22.4 Å². The molecule has 5 N–H and O–H groups in total. The van der Waals surface area contributed by atoms with Gasteiger partial charge >= 0.3 is 0 Å². The smallest absolute Gasteiger partial charge is 0.190 e. The Labute approximate surface area is 196 Å². The number of anilines is 1. The Morgan fingerprint density at radius 1 is 1.09 bits per heavy atom. The van der Waals surface area contributed by atoms with E-state index in [2.05, 4.69) is 31.3 Å². The summed E-state index contributed by atoms with van der Waals surface area (Å²) in [5.41, 5.74) is 10.3. The van der Waals surface area contributed by atoms with Crippen LogP contribution in [0.15, 0.2) is 29.2 Å². The summed E-state index contributed by atoms with van der Waals surface area (Å²) in [6.07, 6.45) is 7.89. The first-order valence-electron chi connectivity index (χ1n) is 11.5. The van der Waals surface area contributed by atoms with Gasteiger partial charge in [-0.1, -0.05) is 12.8 Å². The van der Waals surface area contributed by atoms with Gasteiger partial charge in [-0.05, 0) is 107 Å². The van der Waals surface area contributed by atoms with Crippen molar-refractivity contribution in [3.05, 3.63) is 46.5 Å². The SMILES string of the molecule is Cc1c(C)c2c(c(C)c1O)CCC(C)(CCCCCCSc1ccc(NC(=N)N)cc1)O2. The zero-order valence-electron chi connectivity index (χ0n) is 19.8. The zero-order valence-corrected chi connectivity index (χ0v) is 20.6. The summed E-state index contributed by atoms with van der Waals surface area (Å²) in [4.78, 5) is 1.24. The summed E-state index contributed by atoms with van der Waals surface area (Å²) >= 11 is 1.87. The Hall–Kier alpha value is -2.34. The number of rotatable bonds is 9. The van der Waals surface area contributed by atoms with Gasteiger partial charge in [-0.25, -0.2) is 0 Å². The predicted molar refractivity (Wildman–Crippen MR) is 135 cm³/mol. The number of thioether (sulfide) groups is 1. The Morgan fingerprint density at radius 2 is 1.78 bits per heavy atom. The Bertz CT molecular complexity index is 959. The number of ether oxygens (including phenoxy) is 1. The minimum atomic E-state index is -0.113. The summed E-state index contributed by atoms with van der Waals surface area (Å²) in [5.74, 6) is 2.51. The second-order valence-electron chi connectivity index (χ2n) is 9.16. The molecule has 0 aliphatic carbocycles. The van der Waals surface area contributed by atoms with E-state index in [1.807, 2.05) is 37.7 Å². The lowest BCUT2D eigenvalue weighted by Gasteiger charge is -2.38. The van der Waals surface area contributed by atoms with Crippen molar-refractivity contribution >= 4 is 23.4 Å². The number of phenols is 1. The average molecular weight is 456 g/mol. The summed E-state index contributed by atoms with van der Waals surface area (Å²) in [5, 5.41) is 20.4. The number of guanidine groups is 1. The molecular weight excluding hydrogens is 418 g/mol. The Morgan fingerprint density at radius 3 is 2.47 bits per heavy atom. The maximum Gasteiger partial charge on any atom is 0.190 e. The molecule has 0 aromatic heterocycles. The number of hydrogen-bond acceptors (Lipinski definition) is 4. The fraction of sp³-hybridized carbons (Fsp3) is 0.500. The fourth-order valence-corrected chi connectivity index (χ4v) is 5.32. The van der Waals surface area contributed by atoms with Crippen LogP contribution in [-0.2, 0) is 6.42 Å². The first-order valence-corrected chi connectivity index (χ1v) is 12.5. The van der Waals surface area contributed by atoms with Crippen molar-refractivity contribution in [2.75, 3.05) is 11.1 Å². The number of fused-ring (bicyclic) bond motifs is 1. The van der Waals surface area contributed by atoms with Crippen molar-refractivity contribution in [3.8, 4) is 11.5 Å². The average Bonchev–Trinajstić information content (AvgIpc) is 2.76. The van der Waals surface area contributed by atoms with Crippen molar-refractivity contribution in [1.82, 2.24) is 0 Å². The highest BCUT2D eigenvalue weighted by molar-refractivity contribution is 7.99. The molecule has 0 bridgehead atoms. The molecule has 174 valence electrons. The van der Waals surface area contributed by atoms with Crippen molar-refractivity contribution in [2.45, 2.75) is 83.1 Å². The molecule has 32 heavy (non-hydrogen) atoms. The maximum absolute atomic E-state index is 10.4. The topological polar surface area (TPSA) is 91.4 Å². The van der Waals surface area contributed by atoms with Crippen LogP contribution in [0.3, 0.4) is 0 Å². The molecule has 5 nitrogen and oxygen atoms in total. The van der Waals surface area contributed by atoms with Crippen LogP contribution < -0.4 is 15.8 Å². The molecule has 1 unspecified atom stereocenters. The summed E-state index contributed by atoms with van der Waals surface area (Å²) in [6.45, 7) is 8.28. The van der Waals surface area contributed by atoms with Gasteiger partial charge in [-0.2, -0.15) is 0 Å². The van der Waals surface area contributed by atoms with Gasteiger partial charge in [0, 0.05) is 16.1 Å². The predicted octanol–water partition coefficient (Wildman–Crippen LogP) is 6.45. The third kappa shape index (κ3) is 5.91. The molecule has 0 saturated carbocycles. The van der Waals surface area contributed by atoms with Gasteiger partial charge in [0.2, 0.25) is 0 Å². The van der Waals surface area contributed by atoms with Crippen LogP contribution in [0.4, 0.5) is 5.69 Å². The largest absolute Gasteiger partial charge is 0.507 e. The Kier molecular flexibility index (Phi) is 7.99. The van der Waals surface area contributed by atoms with Crippen LogP contribution in [0.1, 0.15) is 67.7 Å². The van der Waals surface area contributed by atoms with E-state index in [4.69, 9.17) is 15.9 Å². The molecule has 0 radical (unpaired) electrons. The van der Waals surface area contributed by atoms with Crippen LogP contribution in [0.2, 0.25) is 0 Å². The standard InChI is InChI=1S/C26H37N3O2S/c1-17-18(2)24-22(19(3)23(17)30)13-15-26(4,31-24)14-7-5-6-8-16-32-21-11-9-20(10-12-21)29-25(27)28/h9-12,30H,5-8,13-16H2,1-4H3,(H4,27,28,29). The van der Waals surface area contributed by atoms with Gasteiger partial charge < -0.3 is 20.9 Å². The molecule has 0 fully saturated rings. The third-order valence-corrected chi connectivity index (χ3v) is 7.69. The monoisotopic (exact) mass is 455 g/mol. The summed E-state index contributed by atoms with van der Waals surface area (Å²) in [6, 6.07) is 8.05.